The molecule has 0 amide bonds. The third-order valence-electron chi connectivity index (χ3n) is 4.29. The van der Waals surface area contributed by atoms with Gasteiger partial charge < -0.3 is 8.92 Å². The van der Waals surface area contributed by atoms with E-state index >= 15 is 0 Å². The highest BCUT2D eigenvalue weighted by molar-refractivity contribution is 7.87. The van der Waals surface area contributed by atoms with Crippen LogP contribution in [0.2, 0.25) is 0 Å². The Morgan fingerprint density at radius 2 is 1.70 bits per heavy atom. The first kappa shape index (κ1) is 21.2. The van der Waals surface area contributed by atoms with E-state index in [-0.39, 0.29) is 16.4 Å². The molecule has 0 saturated carbocycles. The molecule has 6 heteroatoms. The highest BCUT2D eigenvalue weighted by Gasteiger charge is 2.19. The highest BCUT2D eigenvalue weighted by Crippen LogP contribution is 2.32. The van der Waals surface area contributed by atoms with Crippen molar-refractivity contribution in [3.63, 3.8) is 0 Å². The molecule has 5 nitrogen and oxygen atoms in total. The number of benzene rings is 3. The maximum Gasteiger partial charge on any atom is 0.339 e. The van der Waals surface area contributed by atoms with Gasteiger partial charge >= 0.3 is 10.1 Å². The van der Waals surface area contributed by atoms with Crippen molar-refractivity contribution in [1.29, 1.82) is 5.26 Å². The third-order valence-corrected chi connectivity index (χ3v) is 5.54. The Labute approximate surface area is 176 Å². The summed E-state index contributed by atoms with van der Waals surface area (Å²) in [5, 5.41) is 9.51. The van der Waals surface area contributed by atoms with E-state index in [0.29, 0.717) is 17.7 Å². The van der Waals surface area contributed by atoms with E-state index in [4.69, 9.17) is 8.92 Å². The fourth-order valence-corrected chi connectivity index (χ4v) is 3.73. The summed E-state index contributed by atoms with van der Waals surface area (Å²) >= 11 is 0. The van der Waals surface area contributed by atoms with Crippen LogP contribution in [0, 0.1) is 18.3 Å². The summed E-state index contributed by atoms with van der Waals surface area (Å²) in [6, 6.07) is 22.8. The van der Waals surface area contributed by atoms with Crippen molar-refractivity contribution in [2.45, 2.75) is 18.7 Å². The van der Waals surface area contributed by atoms with Crippen LogP contribution in [0.5, 0.6) is 11.5 Å². The standard InChI is InChI=1S/C24H21NO4S/c1-3-28-24-16-19(15-21(17-25)20-7-5-4-6-8-20)11-14-23(24)29-30(26,27)22-12-9-18(2)10-13-22/h4-16H,3H2,1-2H3/b21-15+. The monoisotopic (exact) mass is 419 g/mol. The lowest BCUT2D eigenvalue weighted by Crippen LogP contribution is -2.10. The summed E-state index contributed by atoms with van der Waals surface area (Å²) in [5.74, 6) is 0.375. The Morgan fingerprint density at radius 1 is 1.00 bits per heavy atom. The maximum atomic E-state index is 12.6. The van der Waals surface area contributed by atoms with E-state index in [9.17, 15) is 13.7 Å². The SMILES string of the molecule is CCOc1cc(/C=C(\C#N)c2ccccc2)ccc1OS(=O)(=O)c1ccc(C)cc1. The molecular weight excluding hydrogens is 398 g/mol. The van der Waals surface area contributed by atoms with Gasteiger partial charge in [0.25, 0.3) is 0 Å². The van der Waals surface area contributed by atoms with E-state index < -0.39 is 10.1 Å². The van der Waals surface area contributed by atoms with Crippen molar-refractivity contribution in [3.8, 4) is 17.6 Å². The van der Waals surface area contributed by atoms with Gasteiger partial charge in [-0.25, -0.2) is 0 Å². The lowest BCUT2D eigenvalue weighted by molar-refractivity contribution is 0.327. The highest BCUT2D eigenvalue weighted by atomic mass is 32.2. The van der Waals surface area contributed by atoms with Crippen LogP contribution in [-0.4, -0.2) is 15.0 Å². The molecule has 0 unspecified atom stereocenters. The van der Waals surface area contributed by atoms with Gasteiger partial charge in [0.2, 0.25) is 0 Å². The van der Waals surface area contributed by atoms with Crippen LogP contribution in [0.25, 0.3) is 11.6 Å². The van der Waals surface area contributed by atoms with Gasteiger partial charge in [-0.15, -0.1) is 0 Å². The minimum Gasteiger partial charge on any atom is -0.490 e. The van der Waals surface area contributed by atoms with Gasteiger partial charge in [-0.05, 0) is 55.3 Å². The molecule has 0 saturated heterocycles. The summed E-state index contributed by atoms with van der Waals surface area (Å²) in [6.07, 6.45) is 1.72. The average Bonchev–Trinajstić information content (AvgIpc) is 2.74. The Bertz CT molecular complexity index is 1190. The van der Waals surface area contributed by atoms with Gasteiger partial charge in [0.05, 0.1) is 18.2 Å². The van der Waals surface area contributed by atoms with Gasteiger partial charge in [0.1, 0.15) is 4.90 Å². The van der Waals surface area contributed by atoms with E-state index in [2.05, 4.69) is 6.07 Å². The molecule has 0 radical (unpaired) electrons. The molecule has 0 spiro atoms. The smallest absolute Gasteiger partial charge is 0.339 e. The molecule has 0 aromatic heterocycles. The van der Waals surface area contributed by atoms with E-state index in [1.54, 1.807) is 37.3 Å². The Balaban J connectivity index is 1.95. The topological polar surface area (TPSA) is 76.4 Å². The number of ether oxygens (including phenoxy) is 1. The van der Waals surface area contributed by atoms with E-state index in [1.165, 1.54) is 18.2 Å². The summed E-state index contributed by atoms with van der Waals surface area (Å²) in [4.78, 5) is 0.0652. The Hall–Kier alpha value is -3.56. The number of aryl methyl sites for hydroxylation is 1. The summed E-state index contributed by atoms with van der Waals surface area (Å²) in [7, 11) is -4.00. The van der Waals surface area contributed by atoms with Gasteiger partial charge in [-0.2, -0.15) is 13.7 Å². The fourth-order valence-electron chi connectivity index (χ4n) is 2.79. The summed E-state index contributed by atoms with van der Waals surface area (Å²) in [5.41, 5.74) is 2.92. The molecule has 30 heavy (non-hydrogen) atoms. The number of nitriles is 1. The number of nitrogens with zero attached hydrogens (tertiary/aromatic N) is 1. The van der Waals surface area contributed by atoms with E-state index in [0.717, 1.165) is 11.1 Å². The molecule has 0 atom stereocenters. The van der Waals surface area contributed by atoms with Crippen molar-refractivity contribution >= 4 is 21.8 Å². The second-order valence-electron chi connectivity index (χ2n) is 6.53. The van der Waals surface area contributed by atoms with Crippen LogP contribution in [-0.2, 0) is 10.1 Å². The molecule has 0 N–H and O–H groups in total. The van der Waals surface area contributed by atoms with Crippen molar-refractivity contribution in [2.24, 2.45) is 0 Å². The summed E-state index contributed by atoms with van der Waals surface area (Å²) < 4.78 is 36.2. The lowest BCUT2D eigenvalue weighted by atomic mass is 10.0. The first-order chi connectivity index (χ1) is 14.4. The third kappa shape index (κ3) is 5.07. The Morgan fingerprint density at radius 3 is 2.33 bits per heavy atom. The predicted octanol–water partition coefficient (Wildman–Crippen LogP) is 5.23. The van der Waals surface area contributed by atoms with Crippen molar-refractivity contribution in [3.05, 3.63) is 89.5 Å². The molecule has 3 aromatic rings. The van der Waals surface area contributed by atoms with Crippen LogP contribution in [0.4, 0.5) is 0 Å². The summed E-state index contributed by atoms with van der Waals surface area (Å²) in [6.45, 7) is 4.00. The molecule has 0 aliphatic carbocycles. The molecule has 0 aliphatic rings. The predicted molar refractivity (Wildman–Crippen MR) is 117 cm³/mol. The van der Waals surface area contributed by atoms with Gasteiger partial charge in [0, 0.05) is 0 Å². The average molecular weight is 420 g/mol. The number of hydrogen-bond donors (Lipinski definition) is 0. The van der Waals surface area contributed by atoms with Gasteiger partial charge in [0.15, 0.2) is 11.5 Å². The van der Waals surface area contributed by atoms with Gasteiger partial charge in [-0.1, -0.05) is 54.1 Å². The minimum absolute atomic E-state index is 0.0652. The van der Waals surface area contributed by atoms with Crippen molar-refractivity contribution < 1.29 is 17.3 Å². The first-order valence-electron chi connectivity index (χ1n) is 9.38. The molecule has 0 heterocycles. The fraction of sp³-hybridized carbons (Fsp3) is 0.125. The minimum atomic E-state index is -4.00. The molecule has 3 aromatic carbocycles. The molecular formula is C24H21NO4S. The Kier molecular flexibility index (Phi) is 6.55. The molecule has 152 valence electrons. The quantitative estimate of drug-likeness (QED) is 0.298. The zero-order chi connectivity index (χ0) is 21.6. The number of allylic oxidation sites excluding steroid dienone is 1. The second kappa shape index (κ2) is 9.29. The first-order valence-corrected chi connectivity index (χ1v) is 10.8. The normalized spacial score (nSPS) is 11.6. The molecule has 0 fully saturated rings. The molecule has 3 rings (SSSR count). The molecule has 0 aliphatic heterocycles. The number of hydrogen-bond acceptors (Lipinski definition) is 5. The van der Waals surface area contributed by atoms with Crippen LogP contribution >= 0.6 is 0 Å². The lowest BCUT2D eigenvalue weighted by Gasteiger charge is -2.13. The zero-order valence-electron chi connectivity index (χ0n) is 16.7. The maximum absolute atomic E-state index is 12.6. The van der Waals surface area contributed by atoms with Crippen molar-refractivity contribution in [1.82, 2.24) is 0 Å². The largest absolute Gasteiger partial charge is 0.490 e. The van der Waals surface area contributed by atoms with Crippen LogP contribution in [0.1, 0.15) is 23.6 Å². The van der Waals surface area contributed by atoms with Crippen LogP contribution < -0.4 is 8.92 Å². The molecule has 0 bridgehead atoms. The van der Waals surface area contributed by atoms with Crippen molar-refractivity contribution in [2.75, 3.05) is 6.61 Å². The zero-order valence-corrected chi connectivity index (χ0v) is 17.5. The van der Waals surface area contributed by atoms with Gasteiger partial charge in [-0.3, -0.25) is 0 Å². The second-order valence-corrected chi connectivity index (χ2v) is 8.07. The van der Waals surface area contributed by atoms with Crippen LogP contribution in [0.3, 0.4) is 0 Å². The van der Waals surface area contributed by atoms with Crippen LogP contribution in [0.15, 0.2) is 77.7 Å². The number of rotatable bonds is 7. The van der Waals surface area contributed by atoms with E-state index in [1.807, 2.05) is 37.3 Å².